The zero-order chi connectivity index (χ0) is 14.5. The van der Waals surface area contributed by atoms with E-state index >= 15 is 0 Å². The third kappa shape index (κ3) is 4.47. The molecule has 1 fully saturated rings. The van der Waals surface area contributed by atoms with Gasteiger partial charge >= 0.3 is 0 Å². The van der Waals surface area contributed by atoms with E-state index in [1.165, 1.54) is 0 Å². The average Bonchev–Trinajstić information content (AvgIpc) is 2.78. The highest BCUT2D eigenvalue weighted by Crippen LogP contribution is 2.34. The summed E-state index contributed by atoms with van der Waals surface area (Å²) in [6, 6.07) is 5.56. The van der Waals surface area contributed by atoms with E-state index in [4.69, 9.17) is 4.74 Å². The maximum absolute atomic E-state index is 14.1. The van der Waals surface area contributed by atoms with Crippen molar-refractivity contribution in [2.24, 2.45) is 5.92 Å². The van der Waals surface area contributed by atoms with Crippen LogP contribution in [-0.2, 0) is 11.3 Å². The van der Waals surface area contributed by atoms with E-state index in [1.807, 2.05) is 12.1 Å². The van der Waals surface area contributed by atoms with Crippen molar-refractivity contribution in [3.63, 3.8) is 0 Å². The summed E-state index contributed by atoms with van der Waals surface area (Å²) in [6.45, 7) is 8.86. The van der Waals surface area contributed by atoms with E-state index in [1.54, 1.807) is 17.8 Å². The Hall–Kier alpha value is -0.580. The minimum Gasteiger partial charge on any atom is -0.377 e. The monoisotopic (exact) mass is 297 g/mol. The quantitative estimate of drug-likeness (QED) is 0.862. The van der Waals surface area contributed by atoms with Crippen LogP contribution in [0.25, 0.3) is 0 Å². The summed E-state index contributed by atoms with van der Waals surface area (Å²) < 4.78 is 19.7. The van der Waals surface area contributed by atoms with Crippen molar-refractivity contribution in [2.45, 2.75) is 50.0 Å². The summed E-state index contributed by atoms with van der Waals surface area (Å²) in [5, 5.41) is 3.70. The Morgan fingerprint density at radius 1 is 1.45 bits per heavy atom. The summed E-state index contributed by atoms with van der Waals surface area (Å²) in [6.07, 6.45) is 1.22. The summed E-state index contributed by atoms with van der Waals surface area (Å²) in [7, 11) is 0. The van der Waals surface area contributed by atoms with Crippen LogP contribution in [0.2, 0.25) is 0 Å². The highest BCUT2D eigenvalue weighted by molar-refractivity contribution is 8.00. The molecule has 1 aromatic rings. The first kappa shape index (κ1) is 15.8. The van der Waals surface area contributed by atoms with Crippen LogP contribution in [0.4, 0.5) is 4.39 Å². The van der Waals surface area contributed by atoms with Crippen LogP contribution in [0.1, 0.15) is 32.8 Å². The number of rotatable bonds is 6. The van der Waals surface area contributed by atoms with Crippen molar-refractivity contribution in [1.82, 2.24) is 5.32 Å². The molecule has 0 aliphatic carbocycles. The molecule has 4 heteroatoms. The number of halogens is 1. The maximum atomic E-state index is 14.1. The number of benzene rings is 1. The Bertz CT molecular complexity index is 438. The second-order valence-electron chi connectivity index (χ2n) is 5.81. The average molecular weight is 297 g/mol. The van der Waals surface area contributed by atoms with E-state index in [0.717, 1.165) is 36.6 Å². The lowest BCUT2D eigenvalue weighted by molar-refractivity contribution is 0.127. The van der Waals surface area contributed by atoms with Crippen LogP contribution in [0, 0.1) is 11.7 Å². The Kier molecular flexibility index (Phi) is 5.87. The predicted octanol–water partition coefficient (Wildman–Crippen LogP) is 3.84. The Balaban J connectivity index is 1.91. The molecule has 0 spiro atoms. The smallest absolute Gasteiger partial charge is 0.137 e. The molecule has 1 aliphatic rings. The Morgan fingerprint density at radius 3 is 2.85 bits per heavy atom. The topological polar surface area (TPSA) is 21.3 Å². The lowest BCUT2D eigenvalue weighted by atomic mass is 10.2. The fourth-order valence-electron chi connectivity index (χ4n) is 2.29. The zero-order valence-electron chi connectivity index (χ0n) is 12.5. The summed E-state index contributed by atoms with van der Waals surface area (Å²) >= 11 is 1.60. The molecule has 0 aromatic heterocycles. The van der Waals surface area contributed by atoms with Crippen molar-refractivity contribution in [2.75, 3.05) is 13.2 Å². The SMILES string of the molecule is CC(C)CNCc1ccc(SC2CCOC2C)c(F)c1. The van der Waals surface area contributed by atoms with Crippen LogP contribution in [0.3, 0.4) is 0 Å². The largest absolute Gasteiger partial charge is 0.377 e. The fraction of sp³-hybridized carbons (Fsp3) is 0.625. The van der Waals surface area contributed by atoms with E-state index in [-0.39, 0.29) is 11.9 Å². The van der Waals surface area contributed by atoms with Crippen molar-refractivity contribution < 1.29 is 9.13 Å². The summed E-state index contributed by atoms with van der Waals surface area (Å²) in [5.41, 5.74) is 1.00. The normalized spacial score (nSPS) is 22.6. The molecule has 1 heterocycles. The highest BCUT2D eigenvalue weighted by atomic mass is 32.2. The Morgan fingerprint density at radius 2 is 2.25 bits per heavy atom. The van der Waals surface area contributed by atoms with E-state index < -0.39 is 0 Å². The van der Waals surface area contributed by atoms with Gasteiger partial charge in [0.05, 0.1) is 6.10 Å². The molecule has 1 aromatic carbocycles. The van der Waals surface area contributed by atoms with Crippen LogP contribution in [0.15, 0.2) is 23.1 Å². The lowest BCUT2D eigenvalue weighted by Crippen LogP contribution is -2.19. The molecule has 2 unspecified atom stereocenters. The van der Waals surface area contributed by atoms with E-state index in [9.17, 15) is 4.39 Å². The van der Waals surface area contributed by atoms with Gasteiger partial charge in [-0.15, -0.1) is 11.8 Å². The first-order valence-corrected chi connectivity index (χ1v) is 8.21. The molecule has 0 bridgehead atoms. The van der Waals surface area contributed by atoms with Crippen LogP contribution >= 0.6 is 11.8 Å². The van der Waals surface area contributed by atoms with Gasteiger partial charge < -0.3 is 10.1 Å². The molecule has 1 N–H and O–H groups in total. The van der Waals surface area contributed by atoms with Crippen LogP contribution in [0.5, 0.6) is 0 Å². The van der Waals surface area contributed by atoms with Gasteiger partial charge in [0.15, 0.2) is 0 Å². The van der Waals surface area contributed by atoms with Crippen LogP contribution in [-0.4, -0.2) is 24.5 Å². The predicted molar refractivity (Wildman–Crippen MR) is 82.6 cm³/mol. The first-order chi connectivity index (χ1) is 9.56. The number of ether oxygens (including phenoxy) is 1. The van der Waals surface area contributed by atoms with Gasteiger partial charge in [-0.2, -0.15) is 0 Å². The number of hydrogen-bond acceptors (Lipinski definition) is 3. The van der Waals surface area contributed by atoms with Gasteiger partial charge in [-0.1, -0.05) is 19.9 Å². The third-order valence-electron chi connectivity index (χ3n) is 3.46. The molecule has 0 amide bonds. The van der Waals surface area contributed by atoms with Crippen LogP contribution < -0.4 is 5.32 Å². The molecule has 112 valence electrons. The number of thioether (sulfide) groups is 1. The minimum absolute atomic E-state index is 0.113. The van der Waals surface area contributed by atoms with Gasteiger partial charge in [-0.3, -0.25) is 0 Å². The maximum Gasteiger partial charge on any atom is 0.137 e. The molecule has 2 nitrogen and oxygen atoms in total. The fourth-order valence-corrected chi connectivity index (χ4v) is 3.41. The zero-order valence-corrected chi connectivity index (χ0v) is 13.3. The van der Waals surface area contributed by atoms with Gasteiger partial charge in [0.2, 0.25) is 0 Å². The van der Waals surface area contributed by atoms with Gasteiger partial charge in [-0.25, -0.2) is 4.39 Å². The molecule has 0 saturated carbocycles. The molecular formula is C16H24FNOS. The Labute approximate surface area is 125 Å². The van der Waals surface area contributed by atoms with E-state index in [0.29, 0.717) is 11.2 Å². The number of hydrogen-bond donors (Lipinski definition) is 1. The highest BCUT2D eigenvalue weighted by Gasteiger charge is 2.26. The summed E-state index contributed by atoms with van der Waals surface area (Å²) in [4.78, 5) is 0.736. The van der Waals surface area contributed by atoms with E-state index in [2.05, 4.69) is 26.1 Å². The first-order valence-electron chi connectivity index (χ1n) is 7.33. The second-order valence-corrected chi connectivity index (χ2v) is 7.09. The van der Waals surface area contributed by atoms with Gasteiger partial charge in [0.25, 0.3) is 0 Å². The standard InChI is InChI=1S/C16H24FNOS/c1-11(2)9-18-10-13-4-5-16(14(17)8-13)20-15-6-7-19-12(15)3/h4-5,8,11-12,15,18H,6-7,9-10H2,1-3H3. The molecule has 2 atom stereocenters. The lowest BCUT2D eigenvalue weighted by Gasteiger charge is -2.14. The van der Waals surface area contributed by atoms with Crippen molar-refractivity contribution in [3.8, 4) is 0 Å². The molecule has 20 heavy (non-hydrogen) atoms. The molecular weight excluding hydrogens is 273 g/mol. The molecule has 1 saturated heterocycles. The third-order valence-corrected chi connectivity index (χ3v) is 4.97. The molecule has 2 rings (SSSR count). The molecule has 1 aliphatic heterocycles. The second kappa shape index (κ2) is 7.43. The number of nitrogens with one attached hydrogen (secondary N) is 1. The van der Waals surface area contributed by atoms with Crippen molar-refractivity contribution >= 4 is 11.8 Å². The van der Waals surface area contributed by atoms with Gasteiger partial charge in [-0.05, 0) is 43.5 Å². The van der Waals surface area contributed by atoms with Gasteiger partial charge in [0.1, 0.15) is 5.82 Å². The summed E-state index contributed by atoms with van der Waals surface area (Å²) in [5.74, 6) is 0.497. The molecule has 0 radical (unpaired) electrons. The van der Waals surface area contributed by atoms with Crippen molar-refractivity contribution in [1.29, 1.82) is 0 Å². The van der Waals surface area contributed by atoms with Crippen molar-refractivity contribution in [3.05, 3.63) is 29.6 Å². The van der Waals surface area contributed by atoms with Gasteiger partial charge in [0, 0.05) is 23.3 Å². The minimum atomic E-state index is -0.113.